The number of methoxy groups -OCH3 is 1. The number of hydrogen-bond donors (Lipinski definition) is 1. The van der Waals surface area contributed by atoms with E-state index >= 15 is 0 Å². The van der Waals surface area contributed by atoms with Crippen LogP contribution in [0.15, 0.2) is 24.3 Å². The van der Waals surface area contributed by atoms with Crippen LogP contribution >= 0.6 is 0 Å². The zero-order chi connectivity index (χ0) is 11.1. The van der Waals surface area contributed by atoms with Gasteiger partial charge in [-0.05, 0) is 38.4 Å². The lowest BCUT2D eigenvalue weighted by atomic mass is 10.2. The van der Waals surface area contributed by atoms with Crippen LogP contribution in [0.2, 0.25) is 0 Å². The smallest absolute Gasteiger partial charge is 0.161 e. The van der Waals surface area contributed by atoms with E-state index in [2.05, 4.69) is 0 Å². The molecule has 0 aliphatic carbocycles. The number of nitrogens with two attached hydrogens (primary N) is 1. The predicted octanol–water partition coefficient (Wildman–Crippen LogP) is 2.20. The van der Waals surface area contributed by atoms with Crippen molar-refractivity contribution < 1.29 is 9.47 Å². The van der Waals surface area contributed by atoms with Crippen molar-refractivity contribution in [2.24, 2.45) is 5.73 Å². The second-order valence-electron chi connectivity index (χ2n) is 3.51. The molecule has 0 radical (unpaired) electrons. The number of ether oxygens (including phenoxy) is 2. The fraction of sp³-hybridized carbons (Fsp3) is 0.500. The Morgan fingerprint density at radius 2 is 1.93 bits per heavy atom. The van der Waals surface area contributed by atoms with Gasteiger partial charge in [-0.25, -0.2) is 0 Å². The third-order valence-electron chi connectivity index (χ3n) is 2.21. The Morgan fingerprint density at radius 1 is 1.27 bits per heavy atom. The van der Waals surface area contributed by atoms with Gasteiger partial charge in [0.15, 0.2) is 11.5 Å². The van der Waals surface area contributed by atoms with E-state index in [0.29, 0.717) is 6.54 Å². The molecule has 0 amide bonds. The lowest BCUT2D eigenvalue weighted by Gasteiger charge is -2.16. The normalized spacial score (nSPS) is 12.2. The number of rotatable bonds is 6. The molecule has 0 spiro atoms. The molecule has 0 aliphatic heterocycles. The molecule has 1 unspecified atom stereocenters. The first-order valence-electron chi connectivity index (χ1n) is 5.27. The first-order chi connectivity index (χ1) is 7.27. The van der Waals surface area contributed by atoms with Crippen molar-refractivity contribution in [1.82, 2.24) is 0 Å². The van der Waals surface area contributed by atoms with E-state index in [1.54, 1.807) is 7.11 Å². The average molecular weight is 209 g/mol. The molecule has 0 heterocycles. The molecule has 3 heteroatoms. The fourth-order valence-corrected chi connectivity index (χ4v) is 1.40. The van der Waals surface area contributed by atoms with Gasteiger partial charge in [0.25, 0.3) is 0 Å². The maximum absolute atomic E-state index is 5.76. The summed E-state index contributed by atoms with van der Waals surface area (Å²) in [5.74, 6) is 1.57. The molecule has 1 aromatic carbocycles. The van der Waals surface area contributed by atoms with Gasteiger partial charge in [0.05, 0.1) is 13.2 Å². The molecule has 0 fully saturated rings. The quantitative estimate of drug-likeness (QED) is 0.781. The summed E-state index contributed by atoms with van der Waals surface area (Å²) in [5.41, 5.74) is 5.45. The van der Waals surface area contributed by atoms with Gasteiger partial charge in [0, 0.05) is 0 Å². The highest BCUT2D eigenvalue weighted by atomic mass is 16.5. The summed E-state index contributed by atoms with van der Waals surface area (Å²) in [7, 11) is 1.65. The summed E-state index contributed by atoms with van der Waals surface area (Å²) in [6, 6.07) is 7.67. The molecule has 0 aliphatic rings. The predicted molar refractivity (Wildman–Crippen MR) is 61.4 cm³/mol. The number of benzene rings is 1. The second kappa shape index (κ2) is 6.30. The van der Waals surface area contributed by atoms with E-state index in [1.165, 1.54) is 0 Å². The lowest BCUT2D eigenvalue weighted by Crippen LogP contribution is -2.14. The number of hydrogen-bond acceptors (Lipinski definition) is 3. The maximum atomic E-state index is 5.76. The summed E-state index contributed by atoms with van der Waals surface area (Å²) < 4.78 is 11.0. The Kier molecular flexibility index (Phi) is 4.98. The molecule has 0 saturated heterocycles. The van der Waals surface area contributed by atoms with Crippen LogP contribution in [0, 0.1) is 0 Å². The van der Waals surface area contributed by atoms with E-state index < -0.39 is 0 Å². The minimum absolute atomic E-state index is 0.171. The van der Waals surface area contributed by atoms with Crippen molar-refractivity contribution in [3.63, 3.8) is 0 Å². The largest absolute Gasteiger partial charge is 0.493 e. The summed E-state index contributed by atoms with van der Waals surface area (Å²) in [4.78, 5) is 0. The lowest BCUT2D eigenvalue weighted by molar-refractivity contribution is 0.200. The van der Waals surface area contributed by atoms with Crippen LogP contribution < -0.4 is 15.2 Å². The molecule has 1 atom stereocenters. The fourth-order valence-electron chi connectivity index (χ4n) is 1.40. The summed E-state index contributed by atoms with van der Waals surface area (Å²) in [5, 5.41) is 0. The van der Waals surface area contributed by atoms with Gasteiger partial charge < -0.3 is 15.2 Å². The van der Waals surface area contributed by atoms with Crippen LogP contribution in [0.25, 0.3) is 0 Å². The van der Waals surface area contributed by atoms with Crippen LogP contribution in [-0.4, -0.2) is 19.8 Å². The van der Waals surface area contributed by atoms with Gasteiger partial charge in [-0.15, -0.1) is 0 Å². The van der Waals surface area contributed by atoms with E-state index in [1.807, 2.05) is 31.2 Å². The van der Waals surface area contributed by atoms with Crippen molar-refractivity contribution in [2.75, 3.05) is 13.7 Å². The van der Waals surface area contributed by atoms with Gasteiger partial charge in [-0.1, -0.05) is 12.1 Å². The van der Waals surface area contributed by atoms with Crippen LogP contribution in [0.1, 0.15) is 19.8 Å². The molecule has 1 rings (SSSR count). The van der Waals surface area contributed by atoms with Crippen molar-refractivity contribution >= 4 is 0 Å². The second-order valence-corrected chi connectivity index (χ2v) is 3.51. The molecular weight excluding hydrogens is 190 g/mol. The molecule has 84 valence electrons. The van der Waals surface area contributed by atoms with E-state index in [-0.39, 0.29) is 6.10 Å². The van der Waals surface area contributed by atoms with E-state index in [4.69, 9.17) is 15.2 Å². The monoisotopic (exact) mass is 209 g/mol. The maximum Gasteiger partial charge on any atom is 0.161 e. The molecule has 0 bridgehead atoms. The van der Waals surface area contributed by atoms with Crippen LogP contribution in [0.3, 0.4) is 0 Å². The van der Waals surface area contributed by atoms with Gasteiger partial charge in [-0.2, -0.15) is 0 Å². The average Bonchev–Trinajstić information content (AvgIpc) is 2.27. The summed E-state index contributed by atoms with van der Waals surface area (Å²) >= 11 is 0. The highest BCUT2D eigenvalue weighted by Gasteiger charge is 2.07. The Morgan fingerprint density at radius 3 is 2.53 bits per heavy atom. The minimum Gasteiger partial charge on any atom is -0.493 e. The third kappa shape index (κ3) is 3.80. The van der Waals surface area contributed by atoms with Gasteiger partial charge in [0.1, 0.15) is 0 Å². The molecule has 0 saturated carbocycles. The van der Waals surface area contributed by atoms with Crippen molar-refractivity contribution in [3.8, 4) is 11.5 Å². The van der Waals surface area contributed by atoms with E-state index in [9.17, 15) is 0 Å². The standard InChI is InChI=1S/C12H19NO2/c1-10(6-5-9-13)15-12-8-4-3-7-11(12)14-2/h3-4,7-8,10H,5-6,9,13H2,1-2H3. The Labute approximate surface area is 91.2 Å². The van der Waals surface area contributed by atoms with Crippen molar-refractivity contribution in [2.45, 2.75) is 25.9 Å². The van der Waals surface area contributed by atoms with Crippen molar-refractivity contribution in [1.29, 1.82) is 0 Å². The Hall–Kier alpha value is -1.22. The molecular formula is C12H19NO2. The topological polar surface area (TPSA) is 44.5 Å². The molecule has 1 aromatic rings. The minimum atomic E-state index is 0.171. The SMILES string of the molecule is COc1ccccc1OC(C)CCCN. The highest BCUT2D eigenvalue weighted by molar-refractivity contribution is 5.39. The molecule has 0 aromatic heterocycles. The number of para-hydroxylation sites is 2. The molecule has 2 N–H and O–H groups in total. The van der Waals surface area contributed by atoms with E-state index in [0.717, 1.165) is 24.3 Å². The van der Waals surface area contributed by atoms with Gasteiger partial charge >= 0.3 is 0 Å². The molecule has 3 nitrogen and oxygen atoms in total. The van der Waals surface area contributed by atoms with Crippen LogP contribution in [-0.2, 0) is 0 Å². The summed E-state index contributed by atoms with van der Waals surface area (Å²) in [6.45, 7) is 2.75. The van der Waals surface area contributed by atoms with Crippen LogP contribution in [0.5, 0.6) is 11.5 Å². The van der Waals surface area contributed by atoms with Crippen molar-refractivity contribution in [3.05, 3.63) is 24.3 Å². The Balaban J connectivity index is 2.55. The third-order valence-corrected chi connectivity index (χ3v) is 2.21. The zero-order valence-electron chi connectivity index (χ0n) is 9.40. The first-order valence-corrected chi connectivity index (χ1v) is 5.27. The summed E-state index contributed by atoms with van der Waals surface area (Å²) in [6.07, 6.45) is 2.12. The first kappa shape index (κ1) is 11.9. The van der Waals surface area contributed by atoms with Gasteiger partial charge in [-0.3, -0.25) is 0 Å². The highest BCUT2D eigenvalue weighted by Crippen LogP contribution is 2.27. The zero-order valence-corrected chi connectivity index (χ0v) is 9.40. The Bertz CT molecular complexity index is 289. The molecule has 15 heavy (non-hydrogen) atoms. The van der Waals surface area contributed by atoms with Crippen LogP contribution in [0.4, 0.5) is 0 Å². The van der Waals surface area contributed by atoms with Gasteiger partial charge in [0.2, 0.25) is 0 Å².